The molecule has 0 aromatic heterocycles. The average molecular weight is 180 g/mol. The third kappa shape index (κ3) is 1.31. The normalized spacial score (nSPS) is 21.2. The quantitative estimate of drug-likeness (QED) is 0.653. The van der Waals surface area contributed by atoms with Gasteiger partial charge in [0, 0.05) is 0 Å². The van der Waals surface area contributed by atoms with Gasteiger partial charge in [-0.15, -0.1) is 0 Å². The first-order valence-electron chi connectivity index (χ1n) is 4.24. The smallest absolute Gasteiger partial charge is 0.122 e. The number of thiol groups is 1. The Hall–Kier alpha value is -0.630. The number of ether oxygens (including phenoxy) is 1. The fraction of sp³-hybridized carbons (Fsp3) is 0.400. The summed E-state index contributed by atoms with van der Waals surface area (Å²) in [5.74, 6) is 2.54. The topological polar surface area (TPSA) is 9.23 Å². The Kier molecular flexibility index (Phi) is 2.26. The van der Waals surface area contributed by atoms with E-state index < -0.39 is 0 Å². The van der Waals surface area contributed by atoms with E-state index in [4.69, 9.17) is 4.74 Å². The van der Waals surface area contributed by atoms with Gasteiger partial charge in [0.2, 0.25) is 0 Å². The van der Waals surface area contributed by atoms with E-state index in [0.717, 1.165) is 24.5 Å². The Labute approximate surface area is 78.2 Å². The maximum atomic E-state index is 5.52. The van der Waals surface area contributed by atoms with Gasteiger partial charge in [0.25, 0.3) is 0 Å². The van der Waals surface area contributed by atoms with Crippen LogP contribution in [-0.4, -0.2) is 12.4 Å². The number of hydrogen-bond acceptors (Lipinski definition) is 2. The van der Waals surface area contributed by atoms with Crippen LogP contribution in [0.5, 0.6) is 5.75 Å². The molecule has 0 spiro atoms. The largest absolute Gasteiger partial charge is 0.493 e. The first-order valence-corrected chi connectivity index (χ1v) is 4.87. The van der Waals surface area contributed by atoms with Crippen molar-refractivity contribution in [2.24, 2.45) is 0 Å². The maximum Gasteiger partial charge on any atom is 0.122 e. The van der Waals surface area contributed by atoms with E-state index in [-0.39, 0.29) is 0 Å². The van der Waals surface area contributed by atoms with Crippen LogP contribution in [0, 0.1) is 0 Å². The number of para-hydroxylation sites is 1. The predicted octanol–water partition coefficient (Wildman–Crippen LogP) is 2.48. The molecule has 12 heavy (non-hydrogen) atoms. The molecule has 1 aromatic carbocycles. The lowest BCUT2D eigenvalue weighted by Gasteiger charge is -2.24. The summed E-state index contributed by atoms with van der Waals surface area (Å²) in [6, 6.07) is 8.24. The second-order valence-corrected chi connectivity index (χ2v) is 3.42. The van der Waals surface area contributed by atoms with Crippen molar-refractivity contribution in [1.82, 2.24) is 0 Å². The summed E-state index contributed by atoms with van der Waals surface area (Å²) in [5, 5.41) is 0. The van der Waals surface area contributed by atoms with E-state index in [1.807, 2.05) is 12.1 Å². The molecule has 0 radical (unpaired) electrons. The van der Waals surface area contributed by atoms with Crippen LogP contribution in [0.3, 0.4) is 0 Å². The highest BCUT2D eigenvalue weighted by atomic mass is 32.1. The zero-order chi connectivity index (χ0) is 8.39. The number of hydrogen-bond donors (Lipinski definition) is 1. The molecule has 1 unspecified atom stereocenters. The summed E-state index contributed by atoms with van der Waals surface area (Å²) in [5.41, 5.74) is 1.32. The predicted molar refractivity (Wildman–Crippen MR) is 53.1 cm³/mol. The van der Waals surface area contributed by atoms with Gasteiger partial charge in [0.15, 0.2) is 0 Å². The van der Waals surface area contributed by atoms with Crippen molar-refractivity contribution in [2.45, 2.75) is 12.3 Å². The molecule has 1 nitrogen and oxygen atoms in total. The molecule has 1 aromatic rings. The van der Waals surface area contributed by atoms with Crippen molar-refractivity contribution in [3.8, 4) is 5.75 Å². The molecule has 0 saturated carbocycles. The van der Waals surface area contributed by atoms with Crippen LogP contribution >= 0.6 is 12.6 Å². The van der Waals surface area contributed by atoms with Crippen LogP contribution in [0.1, 0.15) is 17.9 Å². The van der Waals surface area contributed by atoms with E-state index in [9.17, 15) is 0 Å². The lowest BCUT2D eigenvalue weighted by molar-refractivity contribution is 0.273. The zero-order valence-corrected chi connectivity index (χ0v) is 7.76. The molecule has 1 atom stereocenters. The first kappa shape index (κ1) is 7.99. The molecule has 64 valence electrons. The second kappa shape index (κ2) is 3.40. The summed E-state index contributed by atoms with van der Waals surface area (Å²) in [7, 11) is 0. The standard InChI is InChI=1S/C10H12OS/c12-7-8-5-6-11-10-4-2-1-3-9(8)10/h1-4,8,12H,5-7H2. The fourth-order valence-electron chi connectivity index (χ4n) is 1.61. The molecular weight excluding hydrogens is 168 g/mol. The number of rotatable bonds is 1. The first-order chi connectivity index (χ1) is 5.92. The molecule has 0 bridgehead atoms. The van der Waals surface area contributed by atoms with Crippen LogP contribution < -0.4 is 4.74 Å². The minimum absolute atomic E-state index is 0.582. The van der Waals surface area contributed by atoms with Gasteiger partial charge in [-0.05, 0) is 29.7 Å². The van der Waals surface area contributed by atoms with Crippen molar-refractivity contribution in [3.05, 3.63) is 29.8 Å². The summed E-state index contributed by atoms with van der Waals surface area (Å²) in [4.78, 5) is 0. The molecule has 1 heterocycles. The third-order valence-corrected chi connectivity index (χ3v) is 2.74. The van der Waals surface area contributed by atoms with Gasteiger partial charge in [-0.2, -0.15) is 12.6 Å². The van der Waals surface area contributed by atoms with Gasteiger partial charge in [0.1, 0.15) is 5.75 Å². The van der Waals surface area contributed by atoms with E-state index in [1.54, 1.807) is 0 Å². The lowest BCUT2D eigenvalue weighted by atomic mass is 9.95. The van der Waals surface area contributed by atoms with Crippen molar-refractivity contribution in [1.29, 1.82) is 0 Å². The second-order valence-electron chi connectivity index (χ2n) is 3.05. The van der Waals surface area contributed by atoms with Gasteiger partial charge < -0.3 is 4.74 Å². The monoisotopic (exact) mass is 180 g/mol. The highest BCUT2D eigenvalue weighted by Gasteiger charge is 2.18. The molecule has 0 fully saturated rings. The Morgan fingerprint density at radius 1 is 1.42 bits per heavy atom. The minimum atomic E-state index is 0.582. The maximum absolute atomic E-state index is 5.52. The lowest BCUT2D eigenvalue weighted by Crippen LogP contribution is -2.14. The summed E-state index contributed by atoms with van der Waals surface area (Å²) in [6.45, 7) is 0.836. The molecule has 1 aliphatic rings. The van der Waals surface area contributed by atoms with Crippen molar-refractivity contribution < 1.29 is 4.74 Å². The molecular formula is C10H12OS. The molecule has 0 N–H and O–H groups in total. The Bertz CT molecular complexity index is 272. The van der Waals surface area contributed by atoms with Gasteiger partial charge in [0.05, 0.1) is 6.61 Å². The number of fused-ring (bicyclic) bond motifs is 1. The van der Waals surface area contributed by atoms with Crippen LogP contribution in [0.2, 0.25) is 0 Å². The SMILES string of the molecule is SCC1CCOc2ccccc21. The summed E-state index contributed by atoms with van der Waals surface area (Å²) >= 11 is 4.33. The zero-order valence-electron chi connectivity index (χ0n) is 6.86. The van der Waals surface area contributed by atoms with Crippen molar-refractivity contribution in [3.63, 3.8) is 0 Å². The highest BCUT2D eigenvalue weighted by Crippen LogP contribution is 2.33. The molecule has 2 heteroatoms. The molecule has 2 rings (SSSR count). The van der Waals surface area contributed by atoms with Crippen LogP contribution in [-0.2, 0) is 0 Å². The summed E-state index contributed by atoms with van der Waals surface area (Å²) < 4.78 is 5.52. The fourth-order valence-corrected chi connectivity index (χ4v) is 1.98. The molecule has 0 saturated heterocycles. The Balaban J connectivity index is 2.37. The van der Waals surface area contributed by atoms with Gasteiger partial charge in [-0.3, -0.25) is 0 Å². The van der Waals surface area contributed by atoms with E-state index in [0.29, 0.717) is 5.92 Å². The van der Waals surface area contributed by atoms with Crippen LogP contribution in [0.25, 0.3) is 0 Å². The van der Waals surface area contributed by atoms with Gasteiger partial charge in [-0.25, -0.2) is 0 Å². The molecule has 1 aliphatic heterocycles. The van der Waals surface area contributed by atoms with E-state index >= 15 is 0 Å². The number of benzene rings is 1. The van der Waals surface area contributed by atoms with Gasteiger partial charge >= 0.3 is 0 Å². The summed E-state index contributed by atoms with van der Waals surface area (Å²) in [6.07, 6.45) is 1.10. The van der Waals surface area contributed by atoms with Crippen molar-refractivity contribution in [2.75, 3.05) is 12.4 Å². The highest BCUT2D eigenvalue weighted by molar-refractivity contribution is 7.80. The van der Waals surface area contributed by atoms with E-state index in [1.165, 1.54) is 5.56 Å². The molecule has 0 aliphatic carbocycles. The third-order valence-electron chi connectivity index (χ3n) is 2.30. The Morgan fingerprint density at radius 2 is 2.25 bits per heavy atom. The van der Waals surface area contributed by atoms with Crippen molar-refractivity contribution >= 4 is 12.6 Å². The average Bonchev–Trinajstić information content (AvgIpc) is 2.17. The van der Waals surface area contributed by atoms with Gasteiger partial charge in [-0.1, -0.05) is 18.2 Å². The van der Waals surface area contributed by atoms with Crippen LogP contribution in [0.15, 0.2) is 24.3 Å². The molecule has 0 amide bonds. The van der Waals surface area contributed by atoms with E-state index in [2.05, 4.69) is 24.8 Å². The van der Waals surface area contributed by atoms with Crippen LogP contribution in [0.4, 0.5) is 0 Å². The minimum Gasteiger partial charge on any atom is -0.493 e. The Morgan fingerprint density at radius 3 is 3.08 bits per heavy atom.